The van der Waals surface area contributed by atoms with Crippen molar-refractivity contribution in [1.82, 2.24) is 4.57 Å². The second-order valence-corrected chi connectivity index (χ2v) is 8.75. The van der Waals surface area contributed by atoms with Gasteiger partial charge < -0.3 is 4.57 Å². The van der Waals surface area contributed by atoms with Crippen LogP contribution in [-0.4, -0.2) is 13.0 Å². The third-order valence-corrected chi connectivity index (χ3v) is 6.31. The minimum atomic E-state index is -4.43. The number of nitrogens with two attached hydrogens (primary N) is 1. The van der Waals surface area contributed by atoms with Gasteiger partial charge in [0.1, 0.15) is 0 Å². The van der Waals surface area contributed by atoms with Gasteiger partial charge in [-0.15, -0.1) is 0 Å². The van der Waals surface area contributed by atoms with Crippen molar-refractivity contribution in [3.63, 3.8) is 0 Å². The molecule has 0 bridgehead atoms. The van der Waals surface area contributed by atoms with Crippen LogP contribution in [0.15, 0.2) is 53.4 Å². The first-order valence-corrected chi connectivity index (χ1v) is 10.6. The number of aromatic nitrogens is 1. The molecule has 8 heteroatoms. The molecule has 2 aromatic carbocycles. The number of fused-ring (bicyclic) bond motifs is 1. The van der Waals surface area contributed by atoms with E-state index in [1.54, 1.807) is 18.2 Å². The fraction of sp³-hybridized carbons (Fsp3) is 0.238. The molecule has 4 nitrogen and oxygen atoms in total. The summed E-state index contributed by atoms with van der Waals surface area (Å²) < 4.78 is 65.0. The van der Waals surface area contributed by atoms with E-state index in [4.69, 9.17) is 5.14 Å². The number of halogens is 3. The highest BCUT2D eigenvalue weighted by Gasteiger charge is 2.32. The molecule has 0 fully saturated rings. The Kier molecular flexibility index (Phi) is 4.59. The molecule has 0 atom stereocenters. The summed E-state index contributed by atoms with van der Waals surface area (Å²) in [5, 5.41) is 5.18. The molecule has 2 N–H and O–H groups in total. The number of alkyl halides is 3. The fourth-order valence-electron chi connectivity index (χ4n) is 4.09. The van der Waals surface area contributed by atoms with Gasteiger partial charge in [0.25, 0.3) is 0 Å². The molecule has 0 unspecified atom stereocenters. The highest BCUT2D eigenvalue weighted by molar-refractivity contribution is 7.89. The van der Waals surface area contributed by atoms with E-state index in [-0.39, 0.29) is 4.90 Å². The predicted octanol–water partition coefficient (Wildman–Crippen LogP) is 4.74. The van der Waals surface area contributed by atoms with Crippen molar-refractivity contribution in [1.29, 1.82) is 0 Å². The van der Waals surface area contributed by atoms with Gasteiger partial charge in [-0.2, -0.15) is 13.2 Å². The SMILES string of the molecule is Cc1c(-c2cccc(C(F)(F)F)c2)c(-c2ccc(S(N)(=O)=O)cc2)c2n1CCC2. The van der Waals surface area contributed by atoms with Crippen molar-refractivity contribution < 1.29 is 21.6 Å². The number of nitrogens with zero attached hydrogens (tertiary/aromatic N) is 1. The first kappa shape index (κ1) is 19.7. The monoisotopic (exact) mass is 420 g/mol. The van der Waals surface area contributed by atoms with Crippen molar-refractivity contribution in [3.05, 3.63) is 65.5 Å². The molecular formula is C21H19F3N2O2S. The highest BCUT2D eigenvalue weighted by Crippen LogP contribution is 2.43. The van der Waals surface area contributed by atoms with E-state index in [0.717, 1.165) is 53.5 Å². The Morgan fingerprint density at radius 1 is 1.00 bits per heavy atom. The molecule has 29 heavy (non-hydrogen) atoms. The lowest BCUT2D eigenvalue weighted by molar-refractivity contribution is -0.137. The third-order valence-electron chi connectivity index (χ3n) is 5.38. The lowest BCUT2D eigenvalue weighted by Gasteiger charge is -2.12. The molecule has 3 aromatic rings. The predicted molar refractivity (Wildman–Crippen MR) is 105 cm³/mol. The Morgan fingerprint density at radius 2 is 1.69 bits per heavy atom. The molecule has 2 heterocycles. The van der Waals surface area contributed by atoms with Gasteiger partial charge in [-0.1, -0.05) is 24.3 Å². The first-order chi connectivity index (χ1) is 13.6. The molecule has 1 aromatic heterocycles. The van der Waals surface area contributed by atoms with Crippen LogP contribution < -0.4 is 5.14 Å². The van der Waals surface area contributed by atoms with Crippen LogP contribution in [0.25, 0.3) is 22.3 Å². The van der Waals surface area contributed by atoms with Gasteiger partial charge in [0.05, 0.1) is 10.5 Å². The average molecular weight is 420 g/mol. The summed E-state index contributed by atoms with van der Waals surface area (Å²) in [6.07, 6.45) is -2.66. The number of rotatable bonds is 3. The number of primary sulfonamides is 1. The van der Waals surface area contributed by atoms with Crippen molar-refractivity contribution in [3.8, 4) is 22.3 Å². The van der Waals surface area contributed by atoms with E-state index in [9.17, 15) is 21.6 Å². The quantitative estimate of drug-likeness (QED) is 0.665. The van der Waals surface area contributed by atoms with Gasteiger partial charge in [-0.3, -0.25) is 0 Å². The molecule has 0 amide bonds. The Bertz CT molecular complexity index is 1190. The standard InChI is InChI=1S/C21H19F3N2O2S/c1-13-19(15-4-2-5-16(12-15)21(22,23)24)20(18-6-3-11-26(13)18)14-7-9-17(10-8-14)29(25,27)28/h2,4-5,7-10,12H,3,6,11H2,1H3,(H2,25,27,28). The van der Waals surface area contributed by atoms with Gasteiger partial charge in [-0.25, -0.2) is 13.6 Å². The van der Waals surface area contributed by atoms with Crippen molar-refractivity contribution in [2.45, 2.75) is 37.4 Å². The Hall–Kier alpha value is -2.58. The lowest BCUT2D eigenvalue weighted by Crippen LogP contribution is -2.11. The summed E-state index contributed by atoms with van der Waals surface area (Å²) >= 11 is 0. The summed E-state index contributed by atoms with van der Waals surface area (Å²) in [4.78, 5) is -0.00514. The van der Waals surface area contributed by atoms with Crippen LogP contribution in [0.4, 0.5) is 13.2 Å². The van der Waals surface area contributed by atoms with E-state index in [2.05, 4.69) is 4.57 Å². The number of hydrogen-bond donors (Lipinski definition) is 1. The number of sulfonamides is 1. The van der Waals surface area contributed by atoms with Crippen molar-refractivity contribution in [2.24, 2.45) is 5.14 Å². The van der Waals surface area contributed by atoms with E-state index in [0.29, 0.717) is 5.56 Å². The van der Waals surface area contributed by atoms with Gasteiger partial charge in [0.2, 0.25) is 10.0 Å². The van der Waals surface area contributed by atoms with E-state index in [1.165, 1.54) is 24.3 Å². The summed E-state index contributed by atoms with van der Waals surface area (Å²) in [6, 6.07) is 11.5. The zero-order valence-corrected chi connectivity index (χ0v) is 16.4. The van der Waals surface area contributed by atoms with E-state index in [1.807, 2.05) is 6.92 Å². The summed E-state index contributed by atoms with van der Waals surface area (Å²) in [7, 11) is -3.82. The summed E-state index contributed by atoms with van der Waals surface area (Å²) in [5.41, 5.74) is 4.10. The molecule has 1 aliphatic heterocycles. The largest absolute Gasteiger partial charge is 0.416 e. The van der Waals surface area contributed by atoms with Crippen LogP contribution >= 0.6 is 0 Å². The van der Waals surface area contributed by atoms with Crippen LogP contribution in [0, 0.1) is 6.92 Å². The minimum absolute atomic E-state index is 0.00514. The van der Waals surface area contributed by atoms with E-state index < -0.39 is 21.8 Å². The van der Waals surface area contributed by atoms with Gasteiger partial charge >= 0.3 is 6.18 Å². The van der Waals surface area contributed by atoms with Crippen LogP contribution in [0.5, 0.6) is 0 Å². The van der Waals surface area contributed by atoms with E-state index >= 15 is 0 Å². The maximum Gasteiger partial charge on any atom is 0.416 e. The maximum atomic E-state index is 13.3. The van der Waals surface area contributed by atoms with Crippen LogP contribution in [-0.2, 0) is 29.2 Å². The second-order valence-electron chi connectivity index (χ2n) is 7.19. The molecule has 152 valence electrons. The molecule has 1 aliphatic rings. The molecule has 0 radical (unpaired) electrons. The number of hydrogen-bond acceptors (Lipinski definition) is 2. The van der Waals surface area contributed by atoms with Gasteiger partial charge in [0, 0.05) is 29.1 Å². The molecule has 0 spiro atoms. The molecule has 0 saturated heterocycles. The maximum absolute atomic E-state index is 13.3. The van der Waals surface area contributed by atoms with Gasteiger partial charge in [-0.05, 0) is 55.2 Å². The Balaban J connectivity index is 1.93. The lowest BCUT2D eigenvalue weighted by atomic mass is 9.93. The van der Waals surface area contributed by atoms with Crippen LogP contribution in [0.3, 0.4) is 0 Å². The van der Waals surface area contributed by atoms with Crippen molar-refractivity contribution in [2.75, 3.05) is 0 Å². The fourth-order valence-corrected chi connectivity index (χ4v) is 4.61. The zero-order valence-electron chi connectivity index (χ0n) is 15.6. The van der Waals surface area contributed by atoms with Crippen LogP contribution in [0.1, 0.15) is 23.4 Å². The number of benzene rings is 2. The molecule has 0 aliphatic carbocycles. The highest BCUT2D eigenvalue weighted by atomic mass is 32.2. The minimum Gasteiger partial charge on any atom is -0.348 e. The molecule has 4 rings (SSSR count). The van der Waals surface area contributed by atoms with Gasteiger partial charge in [0.15, 0.2) is 0 Å². The normalized spacial score (nSPS) is 14.2. The molecule has 0 saturated carbocycles. The van der Waals surface area contributed by atoms with Crippen molar-refractivity contribution >= 4 is 10.0 Å². The Labute approximate surface area is 166 Å². The van der Waals surface area contributed by atoms with Crippen LogP contribution in [0.2, 0.25) is 0 Å². The first-order valence-electron chi connectivity index (χ1n) is 9.10. The Morgan fingerprint density at radius 3 is 2.31 bits per heavy atom. The molecular weight excluding hydrogens is 401 g/mol. The average Bonchev–Trinajstić information content (AvgIpc) is 3.23. The third kappa shape index (κ3) is 3.47. The summed E-state index contributed by atoms with van der Waals surface area (Å²) in [6.45, 7) is 2.72. The smallest absolute Gasteiger partial charge is 0.348 e. The second kappa shape index (κ2) is 6.74. The topological polar surface area (TPSA) is 65.1 Å². The zero-order chi connectivity index (χ0) is 21.0. The summed E-state index contributed by atoms with van der Waals surface area (Å²) in [5.74, 6) is 0.